The van der Waals surface area contributed by atoms with Gasteiger partial charge in [0.1, 0.15) is 5.82 Å². The first-order chi connectivity index (χ1) is 7.31. The van der Waals surface area contributed by atoms with Crippen LogP contribution in [0.2, 0.25) is 0 Å². The zero-order chi connectivity index (χ0) is 10.3. The molecule has 1 heterocycles. The van der Waals surface area contributed by atoms with Crippen molar-refractivity contribution >= 4 is 17.4 Å². The Morgan fingerprint density at radius 2 is 2.13 bits per heavy atom. The van der Waals surface area contributed by atoms with Gasteiger partial charge in [0.25, 0.3) is 0 Å². The number of rotatable bonds is 2. The van der Waals surface area contributed by atoms with Crippen molar-refractivity contribution in [3.63, 3.8) is 0 Å². The molecule has 2 aliphatic rings. The third-order valence-corrected chi connectivity index (χ3v) is 3.72. The highest BCUT2D eigenvalue weighted by Gasteiger charge is 2.27. The Hall–Kier alpha value is -0.760. The Kier molecular flexibility index (Phi) is 2.32. The Bertz CT molecular complexity index is 372. The number of hydrogen-bond acceptors (Lipinski definition) is 2. The fraction of sp³-hybridized carbons (Fsp3) is 0.583. The third kappa shape index (κ3) is 1.83. The Balaban J connectivity index is 1.70. The first kappa shape index (κ1) is 9.46. The van der Waals surface area contributed by atoms with Crippen molar-refractivity contribution in [1.82, 2.24) is 4.98 Å². The average molecular weight is 223 g/mol. The molecule has 0 radical (unpaired) electrons. The molecular weight excluding hydrogens is 208 g/mol. The summed E-state index contributed by atoms with van der Waals surface area (Å²) in [5.41, 5.74) is 2.73. The Morgan fingerprint density at radius 3 is 2.93 bits per heavy atom. The molecule has 3 rings (SSSR count). The number of hydrogen-bond donors (Lipinski definition) is 1. The number of alkyl halides is 1. The average Bonchev–Trinajstić information content (AvgIpc) is 2.62. The number of nitrogens with zero attached hydrogens (tertiary/aromatic N) is 1. The summed E-state index contributed by atoms with van der Waals surface area (Å²) in [6.07, 6.45) is 5.75. The van der Waals surface area contributed by atoms with Crippen molar-refractivity contribution in [2.45, 2.75) is 43.5 Å². The maximum Gasteiger partial charge on any atom is 0.126 e. The second kappa shape index (κ2) is 3.67. The van der Waals surface area contributed by atoms with Gasteiger partial charge in [-0.2, -0.15) is 0 Å². The predicted molar refractivity (Wildman–Crippen MR) is 62.5 cm³/mol. The zero-order valence-corrected chi connectivity index (χ0v) is 9.43. The van der Waals surface area contributed by atoms with Crippen molar-refractivity contribution < 1.29 is 0 Å². The van der Waals surface area contributed by atoms with Gasteiger partial charge in [0.05, 0.1) is 0 Å². The summed E-state index contributed by atoms with van der Waals surface area (Å²) in [6, 6.07) is 4.86. The lowest BCUT2D eigenvalue weighted by molar-refractivity contribution is 0.453. The highest BCUT2D eigenvalue weighted by atomic mass is 35.5. The molecule has 80 valence electrons. The third-order valence-electron chi connectivity index (χ3n) is 3.36. The molecule has 1 N–H and O–H groups in total. The lowest BCUT2D eigenvalue weighted by atomic mass is 9.92. The summed E-state index contributed by atoms with van der Waals surface area (Å²) in [7, 11) is 0. The normalized spacial score (nSPS) is 28.3. The molecule has 0 saturated heterocycles. The number of aryl methyl sites for hydroxylation is 2. The number of aromatic nitrogens is 1. The van der Waals surface area contributed by atoms with E-state index in [-0.39, 0.29) is 0 Å². The van der Waals surface area contributed by atoms with Crippen LogP contribution in [0.4, 0.5) is 5.82 Å². The minimum atomic E-state index is 0.372. The molecule has 1 saturated carbocycles. The molecule has 0 bridgehead atoms. The Morgan fingerprint density at radius 1 is 1.27 bits per heavy atom. The highest BCUT2D eigenvalue weighted by Crippen LogP contribution is 2.29. The van der Waals surface area contributed by atoms with Crippen LogP contribution in [0.25, 0.3) is 0 Å². The van der Waals surface area contributed by atoms with Crippen LogP contribution >= 0.6 is 11.6 Å². The van der Waals surface area contributed by atoms with E-state index in [0.29, 0.717) is 11.4 Å². The lowest BCUT2D eigenvalue weighted by Gasteiger charge is -2.32. The molecule has 0 unspecified atom stereocenters. The monoisotopic (exact) mass is 222 g/mol. The van der Waals surface area contributed by atoms with Crippen molar-refractivity contribution in [2.24, 2.45) is 0 Å². The summed E-state index contributed by atoms with van der Waals surface area (Å²) in [5, 5.41) is 3.82. The van der Waals surface area contributed by atoms with Gasteiger partial charge in [-0.15, -0.1) is 11.6 Å². The molecule has 0 aliphatic heterocycles. The van der Waals surface area contributed by atoms with Gasteiger partial charge >= 0.3 is 0 Å². The van der Waals surface area contributed by atoms with E-state index in [2.05, 4.69) is 22.4 Å². The van der Waals surface area contributed by atoms with Gasteiger partial charge in [-0.05, 0) is 43.7 Å². The molecule has 1 aromatic rings. The van der Waals surface area contributed by atoms with Crippen LogP contribution in [0.3, 0.4) is 0 Å². The van der Waals surface area contributed by atoms with Gasteiger partial charge in [-0.1, -0.05) is 6.07 Å². The van der Waals surface area contributed by atoms with Crippen LogP contribution in [0.15, 0.2) is 12.1 Å². The minimum Gasteiger partial charge on any atom is -0.367 e. The highest BCUT2D eigenvalue weighted by molar-refractivity contribution is 6.21. The molecule has 1 aromatic heterocycles. The number of nitrogens with one attached hydrogen (secondary N) is 1. The summed E-state index contributed by atoms with van der Waals surface area (Å²) < 4.78 is 0. The molecule has 0 spiro atoms. The van der Waals surface area contributed by atoms with E-state index in [9.17, 15) is 0 Å². The number of fused-ring (bicyclic) bond motifs is 1. The molecule has 0 atom stereocenters. The number of halogens is 1. The van der Waals surface area contributed by atoms with Crippen LogP contribution in [-0.4, -0.2) is 16.4 Å². The molecular formula is C12H15ClN2. The summed E-state index contributed by atoms with van der Waals surface area (Å²) >= 11 is 5.94. The summed E-state index contributed by atoms with van der Waals surface area (Å²) in [4.78, 5) is 4.65. The van der Waals surface area contributed by atoms with Gasteiger partial charge in [0.15, 0.2) is 0 Å². The largest absolute Gasteiger partial charge is 0.367 e. The molecule has 0 aromatic carbocycles. The van der Waals surface area contributed by atoms with Crippen LogP contribution in [-0.2, 0) is 12.8 Å². The van der Waals surface area contributed by atoms with Gasteiger partial charge in [-0.3, -0.25) is 0 Å². The molecule has 2 aliphatic carbocycles. The summed E-state index contributed by atoms with van der Waals surface area (Å²) in [6.45, 7) is 0. The number of pyridine rings is 1. The van der Waals surface area contributed by atoms with Crippen molar-refractivity contribution in [2.75, 3.05) is 5.32 Å². The Labute approximate surface area is 95.0 Å². The smallest absolute Gasteiger partial charge is 0.126 e. The molecule has 3 heteroatoms. The van der Waals surface area contributed by atoms with Gasteiger partial charge in [-0.25, -0.2) is 4.98 Å². The van der Waals surface area contributed by atoms with Gasteiger partial charge in [0, 0.05) is 17.1 Å². The lowest BCUT2D eigenvalue weighted by Crippen LogP contribution is -2.36. The summed E-state index contributed by atoms with van der Waals surface area (Å²) in [5.74, 6) is 1.03. The van der Waals surface area contributed by atoms with E-state index in [1.807, 2.05) is 0 Å². The first-order valence-corrected chi connectivity index (χ1v) is 6.14. The molecule has 1 fully saturated rings. The molecule has 2 nitrogen and oxygen atoms in total. The maximum atomic E-state index is 5.94. The second-order valence-corrected chi connectivity index (χ2v) is 5.18. The van der Waals surface area contributed by atoms with Crippen molar-refractivity contribution in [3.8, 4) is 0 Å². The molecule has 15 heavy (non-hydrogen) atoms. The molecule has 0 amide bonds. The van der Waals surface area contributed by atoms with Crippen LogP contribution in [0.5, 0.6) is 0 Å². The van der Waals surface area contributed by atoms with E-state index >= 15 is 0 Å². The van der Waals surface area contributed by atoms with E-state index in [4.69, 9.17) is 11.6 Å². The number of anilines is 1. The van der Waals surface area contributed by atoms with Crippen LogP contribution < -0.4 is 5.32 Å². The van der Waals surface area contributed by atoms with Gasteiger partial charge in [0.2, 0.25) is 0 Å². The van der Waals surface area contributed by atoms with Gasteiger partial charge < -0.3 is 5.32 Å². The van der Waals surface area contributed by atoms with Crippen LogP contribution in [0.1, 0.15) is 30.5 Å². The van der Waals surface area contributed by atoms with E-state index in [1.54, 1.807) is 0 Å². The topological polar surface area (TPSA) is 24.9 Å². The minimum absolute atomic E-state index is 0.372. The van der Waals surface area contributed by atoms with Crippen LogP contribution in [0, 0.1) is 0 Å². The standard InChI is InChI=1S/C12H15ClN2/c13-9-6-10(7-9)14-12-5-4-8-2-1-3-11(8)15-12/h4-5,9-10H,1-3,6-7H2,(H,14,15). The fourth-order valence-electron chi connectivity index (χ4n) is 2.38. The second-order valence-electron chi connectivity index (χ2n) is 4.57. The van der Waals surface area contributed by atoms with E-state index in [1.165, 1.54) is 24.1 Å². The van der Waals surface area contributed by atoms with Crippen molar-refractivity contribution in [1.29, 1.82) is 0 Å². The quantitative estimate of drug-likeness (QED) is 0.779. The SMILES string of the molecule is ClC1CC(Nc2ccc3c(n2)CCC3)C1. The zero-order valence-electron chi connectivity index (χ0n) is 8.67. The van der Waals surface area contributed by atoms with E-state index in [0.717, 1.165) is 25.1 Å². The maximum absolute atomic E-state index is 5.94. The van der Waals surface area contributed by atoms with E-state index < -0.39 is 0 Å². The first-order valence-electron chi connectivity index (χ1n) is 5.70. The predicted octanol–water partition coefficient (Wildman–Crippen LogP) is 2.75. The van der Waals surface area contributed by atoms with Crippen molar-refractivity contribution in [3.05, 3.63) is 23.4 Å². The fourth-order valence-corrected chi connectivity index (χ4v) is 2.81.